The Balaban J connectivity index is 0.000000388. The zero-order valence-corrected chi connectivity index (χ0v) is 11.8. The van der Waals surface area contributed by atoms with Gasteiger partial charge in [0.1, 0.15) is 5.78 Å². The maximum absolute atomic E-state index is 10.8. The second kappa shape index (κ2) is 10.3. The number of hydrogen-bond donors (Lipinski definition) is 1. The van der Waals surface area contributed by atoms with E-state index in [0.717, 1.165) is 0 Å². The van der Waals surface area contributed by atoms with E-state index in [1.165, 1.54) is 12.5 Å². The highest BCUT2D eigenvalue weighted by Crippen LogP contribution is 2.04. The predicted molar refractivity (Wildman–Crippen MR) is 73.7 cm³/mol. The summed E-state index contributed by atoms with van der Waals surface area (Å²) in [6.07, 6.45) is -0.0281. The number of hydrogen-bond acceptors (Lipinski definition) is 4. The van der Waals surface area contributed by atoms with Crippen LogP contribution in [0.2, 0.25) is 0 Å². The van der Waals surface area contributed by atoms with Crippen LogP contribution in [0.15, 0.2) is 30.3 Å². The second-order valence-corrected chi connectivity index (χ2v) is 4.15. The van der Waals surface area contributed by atoms with Crippen LogP contribution < -0.4 is 0 Å². The van der Waals surface area contributed by atoms with Gasteiger partial charge >= 0.3 is 5.97 Å². The molecule has 0 aromatic heterocycles. The third-order valence-electron chi connectivity index (χ3n) is 2.45. The largest absolute Gasteiger partial charge is 0.466 e. The number of carbonyl (C=O) groups excluding carboxylic acids is 2. The zero-order valence-electron chi connectivity index (χ0n) is 11.8. The van der Waals surface area contributed by atoms with Gasteiger partial charge in [0.25, 0.3) is 0 Å². The van der Waals surface area contributed by atoms with Crippen molar-refractivity contribution in [3.63, 3.8) is 0 Å². The van der Waals surface area contributed by atoms with E-state index in [0.29, 0.717) is 6.61 Å². The molecule has 1 aromatic carbocycles. The normalized spacial score (nSPS) is 10.9. The minimum Gasteiger partial charge on any atom is -0.466 e. The SMILES string of the molecule is CCOC(=O)CC(CO)C(C)=O.Cc1ccccc1. The number of ether oxygens (including phenoxy) is 1. The van der Waals surface area contributed by atoms with Crippen LogP contribution >= 0.6 is 0 Å². The van der Waals surface area contributed by atoms with E-state index in [-0.39, 0.29) is 18.8 Å². The standard InChI is InChI=1S/C8H14O4.C7H8/c1-3-12-8(11)4-7(5-9)6(2)10;1-7-5-3-2-4-6-7/h7,9H,3-5H2,1-2H3;2-6H,1H3. The van der Waals surface area contributed by atoms with E-state index in [1.807, 2.05) is 18.2 Å². The summed E-state index contributed by atoms with van der Waals surface area (Å²) < 4.78 is 4.62. The lowest BCUT2D eigenvalue weighted by molar-refractivity contribution is -0.146. The fourth-order valence-electron chi connectivity index (χ4n) is 1.29. The van der Waals surface area contributed by atoms with E-state index in [1.54, 1.807) is 6.92 Å². The summed E-state index contributed by atoms with van der Waals surface area (Å²) in [6, 6.07) is 10.3. The molecule has 0 amide bonds. The van der Waals surface area contributed by atoms with Gasteiger partial charge in [0, 0.05) is 0 Å². The molecule has 1 unspecified atom stereocenters. The second-order valence-electron chi connectivity index (χ2n) is 4.15. The predicted octanol–water partition coefficient (Wildman–Crippen LogP) is 2.13. The van der Waals surface area contributed by atoms with Crippen molar-refractivity contribution in [2.24, 2.45) is 5.92 Å². The lowest BCUT2D eigenvalue weighted by atomic mass is 10.0. The van der Waals surface area contributed by atoms with Crippen LogP contribution in [-0.2, 0) is 14.3 Å². The summed E-state index contributed by atoms with van der Waals surface area (Å²) in [6.45, 7) is 5.13. The Morgan fingerprint density at radius 3 is 2.16 bits per heavy atom. The van der Waals surface area contributed by atoms with Gasteiger partial charge in [0.15, 0.2) is 0 Å². The molecule has 19 heavy (non-hydrogen) atoms. The van der Waals surface area contributed by atoms with Crippen LogP contribution in [-0.4, -0.2) is 30.1 Å². The number of benzene rings is 1. The monoisotopic (exact) mass is 266 g/mol. The number of aliphatic hydroxyl groups excluding tert-OH is 1. The van der Waals surface area contributed by atoms with Gasteiger partial charge in [-0.05, 0) is 20.8 Å². The molecular formula is C15H22O4. The van der Waals surface area contributed by atoms with E-state index >= 15 is 0 Å². The molecule has 0 aliphatic carbocycles. The average molecular weight is 266 g/mol. The molecule has 0 aliphatic rings. The molecule has 0 saturated heterocycles. The summed E-state index contributed by atoms with van der Waals surface area (Å²) in [7, 11) is 0. The quantitative estimate of drug-likeness (QED) is 0.829. The molecule has 106 valence electrons. The van der Waals surface area contributed by atoms with Gasteiger partial charge in [-0.25, -0.2) is 0 Å². The maximum atomic E-state index is 10.8. The molecule has 0 saturated carbocycles. The minimum atomic E-state index is -0.607. The number of rotatable bonds is 5. The smallest absolute Gasteiger partial charge is 0.306 e. The van der Waals surface area contributed by atoms with E-state index < -0.39 is 11.9 Å². The minimum absolute atomic E-state index is 0.0281. The Bertz CT molecular complexity index is 373. The topological polar surface area (TPSA) is 63.6 Å². The van der Waals surface area contributed by atoms with Gasteiger partial charge in [-0.1, -0.05) is 35.9 Å². The Labute approximate surface area is 114 Å². The van der Waals surface area contributed by atoms with Crippen molar-refractivity contribution in [1.82, 2.24) is 0 Å². The lowest BCUT2D eigenvalue weighted by Crippen LogP contribution is -2.20. The van der Waals surface area contributed by atoms with Gasteiger partial charge in [-0.15, -0.1) is 0 Å². The summed E-state index contributed by atoms with van der Waals surface area (Å²) in [5.74, 6) is -1.23. The van der Waals surface area contributed by atoms with Gasteiger partial charge in [0.05, 0.1) is 25.6 Å². The molecule has 1 N–H and O–H groups in total. The van der Waals surface area contributed by atoms with Gasteiger partial charge < -0.3 is 9.84 Å². The number of Topliss-reactive ketones (excluding diaryl/α,β-unsaturated/α-hetero) is 1. The van der Waals surface area contributed by atoms with Crippen molar-refractivity contribution in [2.45, 2.75) is 27.2 Å². The van der Waals surface area contributed by atoms with Crippen LogP contribution in [0.3, 0.4) is 0 Å². The Hall–Kier alpha value is -1.68. The summed E-state index contributed by atoms with van der Waals surface area (Å²) in [4.78, 5) is 21.6. The van der Waals surface area contributed by atoms with Crippen LogP contribution in [0.1, 0.15) is 25.8 Å². The molecular weight excluding hydrogens is 244 g/mol. The molecule has 1 aromatic rings. The average Bonchev–Trinajstić information content (AvgIpc) is 2.37. The third-order valence-corrected chi connectivity index (χ3v) is 2.45. The first-order valence-electron chi connectivity index (χ1n) is 6.29. The van der Waals surface area contributed by atoms with Gasteiger partial charge in [-0.3, -0.25) is 9.59 Å². The molecule has 1 atom stereocenters. The zero-order chi connectivity index (χ0) is 14.7. The Morgan fingerprint density at radius 2 is 1.84 bits per heavy atom. The van der Waals surface area contributed by atoms with Crippen LogP contribution in [0.5, 0.6) is 0 Å². The summed E-state index contributed by atoms with van der Waals surface area (Å²) in [5, 5.41) is 8.68. The molecule has 4 nitrogen and oxygen atoms in total. The molecule has 1 rings (SSSR count). The maximum Gasteiger partial charge on any atom is 0.306 e. The van der Waals surface area contributed by atoms with Crippen molar-refractivity contribution < 1.29 is 19.4 Å². The number of aliphatic hydroxyl groups is 1. The number of aryl methyl sites for hydroxylation is 1. The van der Waals surface area contributed by atoms with E-state index in [9.17, 15) is 9.59 Å². The van der Waals surface area contributed by atoms with Crippen LogP contribution in [0, 0.1) is 12.8 Å². The van der Waals surface area contributed by atoms with Gasteiger partial charge in [0.2, 0.25) is 0 Å². The van der Waals surface area contributed by atoms with Crippen molar-refractivity contribution in [3.05, 3.63) is 35.9 Å². The Morgan fingerprint density at radius 1 is 1.26 bits per heavy atom. The first-order valence-corrected chi connectivity index (χ1v) is 6.29. The number of esters is 1. The highest BCUT2D eigenvalue weighted by molar-refractivity contribution is 5.83. The Kier molecular flexibility index (Phi) is 9.35. The molecule has 0 heterocycles. The first-order chi connectivity index (χ1) is 9.01. The first kappa shape index (κ1) is 17.3. The van der Waals surface area contributed by atoms with Crippen LogP contribution in [0.25, 0.3) is 0 Å². The lowest BCUT2D eigenvalue weighted by Gasteiger charge is -2.08. The number of carbonyl (C=O) groups is 2. The highest BCUT2D eigenvalue weighted by Gasteiger charge is 2.17. The molecule has 4 heteroatoms. The fourth-order valence-corrected chi connectivity index (χ4v) is 1.29. The summed E-state index contributed by atoms with van der Waals surface area (Å²) in [5.41, 5.74) is 1.32. The number of ketones is 1. The van der Waals surface area contributed by atoms with Crippen molar-refractivity contribution in [1.29, 1.82) is 0 Å². The fraction of sp³-hybridized carbons (Fsp3) is 0.467. The molecule has 0 radical (unpaired) electrons. The van der Waals surface area contributed by atoms with E-state index in [2.05, 4.69) is 23.8 Å². The molecule has 0 fully saturated rings. The van der Waals surface area contributed by atoms with Crippen molar-refractivity contribution in [2.75, 3.05) is 13.2 Å². The van der Waals surface area contributed by atoms with Gasteiger partial charge in [-0.2, -0.15) is 0 Å². The van der Waals surface area contributed by atoms with Crippen molar-refractivity contribution >= 4 is 11.8 Å². The highest BCUT2D eigenvalue weighted by atomic mass is 16.5. The third kappa shape index (κ3) is 8.97. The molecule has 0 aliphatic heterocycles. The van der Waals surface area contributed by atoms with Crippen molar-refractivity contribution in [3.8, 4) is 0 Å². The molecule has 0 bridgehead atoms. The molecule has 0 spiro atoms. The van der Waals surface area contributed by atoms with E-state index in [4.69, 9.17) is 5.11 Å². The van der Waals surface area contributed by atoms with Crippen LogP contribution in [0.4, 0.5) is 0 Å². The summed E-state index contributed by atoms with van der Waals surface area (Å²) >= 11 is 0.